The van der Waals surface area contributed by atoms with Crippen molar-refractivity contribution in [2.45, 2.75) is 147 Å². The standard InChI is InChI=1S/C43H71N9O11/c1-26(2)22-29(45)38(58)49-31(18-19-36(54)55)42(62)52-34(25-37(56)57)40(60)47-21-13-7-10-17-35(53)48-30(16-11-12-20-44)41(61)51-33(24-28-14-8-6-9-15-28)43(63)50-32(23-27(3)4)39(59)46-5/h6,8-9,14-15,26-27,29-34H,7,10-13,16-25,44-45H2,1-5H3,(H,46,59)(H,47,60)(H,48,53)(H,49,58)(H,50,63)(H,51,61)(H,52,62)(H,54,55)(H,56,57)/t29-,30-,31-,32-,33-,34-/m0/s1. The minimum Gasteiger partial charge on any atom is -0.481 e. The maximum atomic E-state index is 13.7. The van der Waals surface area contributed by atoms with Gasteiger partial charge in [0.05, 0.1) is 12.5 Å². The molecule has 0 spiro atoms. The molecule has 0 aliphatic rings. The number of rotatable bonds is 32. The number of carbonyl (C=O) groups excluding carboxylic acids is 7. The molecule has 63 heavy (non-hydrogen) atoms. The van der Waals surface area contributed by atoms with Crippen LogP contribution in [0.1, 0.15) is 110 Å². The van der Waals surface area contributed by atoms with Gasteiger partial charge in [0.1, 0.15) is 30.2 Å². The molecule has 6 atom stereocenters. The summed E-state index contributed by atoms with van der Waals surface area (Å²) in [5.41, 5.74) is 12.4. The number of carboxylic acids is 2. The van der Waals surface area contributed by atoms with Crippen LogP contribution in [0, 0.1) is 11.8 Å². The molecule has 0 saturated heterocycles. The van der Waals surface area contributed by atoms with Gasteiger partial charge in [0.2, 0.25) is 41.4 Å². The molecule has 0 heterocycles. The first-order valence-electron chi connectivity index (χ1n) is 21.7. The maximum absolute atomic E-state index is 13.7. The number of aliphatic carboxylic acids is 2. The lowest BCUT2D eigenvalue weighted by atomic mass is 10.0. The molecule has 1 rings (SSSR count). The van der Waals surface area contributed by atoms with Crippen molar-refractivity contribution in [3.05, 3.63) is 35.9 Å². The normalized spacial score (nSPS) is 13.9. The molecule has 0 aliphatic heterocycles. The van der Waals surface area contributed by atoms with Gasteiger partial charge in [-0.05, 0) is 75.3 Å². The summed E-state index contributed by atoms with van der Waals surface area (Å²) in [6.45, 7) is 7.96. The van der Waals surface area contributed by atoms with Crippen molar-refractivity contribution in [2.24, 2.45) is 23.3 Å². The summed E-state index contributed by atoms with van der Waals surface area (Å²) in [6.07, 6.45) is 1.71. The number of carbonyl (C=O) groups is 9. The summed E-state index contributed by atoms with van der Waals surface area (Å²) in [6, 6.07) is 2.24. The van der Waals surface area contributed by atoms with Crippen LogP contribution in [0.5, 0.6) is 0 Å². The van der Waals surface area contributed by atoms with Gasteiger partial charge in [0, 0.05) is 32.9 Å². The minimum absolute atomic E-state index is 0.0214. The summed E-state index contributed by atoms with van der Waals surface area (Å²) >= 11 is 0. The predicted molar refractivity (Wildman–Crippen MR) is 234 cm³/mol. The first-order chi connectivity index (χ1) is 29.8. The molecule has 1 aromatic rings. The molecule has 13 N–H and O–H groups in total. The topological polar surface area (TPSA) is 330 Å². The van der Waals surface area contributed by atoms with Gasteiger partial charge in [-0.1, -0.05) is 64.4 Å². The SMILES string of the molecule is CNC(=O)[C@H](CC(C)C)NC(=O)[C@H](Cc1ccccc1)NC(=O)[C@H](CCCCN)NC(=O)CCCCCNC(=O)[C@H](CC(=O)O)NC(=O)[C@H](CCC(=O)O)NC(=O)[C@@H](N)CC(C)C. The molecule has 0 aliphatic carbocycles. The highest BCUT2D eigenvalue weighted by Crippen LogP contribution is 2.11. The third-order valence-electron chi connectivity index (χ3n) is 9.83. The number of unbranched alkanes of at least 4 members (excludes halogenated alkanes) is 3. The lowest BCUT2D eigenvalue weighted by Crippen LogP contribution is -2.57. The van der Waals surface area contributed by atoms with Crippen LogP contribution in [0.4, 0.5) is 0 Å². The smallest absolute Gasteiger partial charge is 0.305 e. The number of amides is 7. The number of carboxylic acid groups (broad SMARTS) is 2. The Bertz CT molecular complexity index is 1640. The van der Waals surface area contributed by atoms with Crippen LogP contribution in [0.15, 0.2) is 30.3 Å². The van der Waals surface area contributed by atoms with Gasteiger partial charge in [-0.3, -0.25) is 43.2 Å². The Balaban J connectivity index is 2.90. The average molecular weight is 890 g/mol. The average Bonchev–Trinajstić information content (AvgIpc) is 3.21. The summed E-state index contributed by atoms with van der Waals surface area (Å²) < 4.78 is 0. The quantitative estimate of drug-likeness (QED) is 0.0424. The largest absolute Gasteiger partial charge is 0.481 e. The second kappa shape index (κ2) is 30.4. The Morgan fingerprint density at radius 3 is 1.71 bits per heavy atom. The van der Waals surface area contributed by atoms with Crippen molar-refractivity contribution >= 4 is 53.3 Å². The summed E-state index contributed by atoms with van der Waals surface area (Å²) in [5, 5.41) is 36.8. The van der Waals surface area contributed by atoms with Crippen LogP contribution in [0.3, 0.4) is 0 Å². The molecular weight excluding hydrogens is 819 g/mol. The Labute approximate surface area is 370 Å². The van der Waals surface area contributed by atoms with E-state index in [9.17, 15) is 48.3 Å². The highest BCUT2D eigenvalue weighted by Gasteiger charge is 2.32. The van der Waals surface area contributed by atoms with E-state index in [1.807, 2.05) is 45.9 Å². The van der Waals surface area contributed by atoms with E-state index in [0.29, 0.717) is 51.5 Å². The fourth-order valence-electron chi connectivity index (χ4n) is 6.52. The van der Waals surface area contributed by atoms with E-state index in [0.717, 1.165) is 5.56 Å². The van der Waals surface area contributed by atoms with E-state index in [1.165, 1.54) is 7.05 Å². The zero-order valence-electron chi connectivity index (χ0n) is 37.3. The van der Waals surface area contributed by atoms with Crippen LogP contribution >= 0.6 is 0 Å². The van der Waals surface area contributed by atoms with E-state index in [4.69, 9.17) is 16.6 Å². The van der Waals surface area contributed by atoms with E-state index >= 15 is 0 Å². The molecule has 0 saturated carbocycles. The van der Waals surface area contributed by atoms with E-state index in [-0.39, 0.29) is 50.0 Å². The van der Waals surface area contributed by atoms with Crippen LogP contribution in [0.2, 0.25) is 0 Å². The predicted octanol–water partition coefficient (Wildman–Crippen LogP) is -0.0363. The van der Waals surface area contributed by atoms with Crippen LogP contribution in [-0.2, 0) is 49.6 Å². The lowest BCUT2D eigenvalue weighted by Gasteiger charge is -2.26. The maximum Gasteiger partial charge on any atom is 0.305 e. The second-order valence-electron chi connectivity index (χ2n) is 16.5. The lowest BCUT2D eigenvalue weighted by molar-refractivity contribution is -0.141. The molecular formula is C43H71N9O11. The summed E-state index contributed by atoms with van der Waals surface area (Å²) in [5.74, 6) is -6.88. The van der Waals surface area contributed by atoms with Gasteiger partial charge in [0.25, 0.3) is 0 Å². The number of nitrogens with one attached hydrogen (secondary N) is 7. The number of benzene rings is 1. The van der Waals surface area contributed by atoms with Gasteiger partial charge in [0.15, 0.2) is 0 Å². The van der Waals surface area contributed by atoms with Crippen molar-refractivity contribution in [2.75, 3.05) is 20.1 Å². The molecule has 7 amide bonds. The highest BCUT2D eigenvalue weighted by atomic mass is 16.4. The molecule has 20 nitrogen and oxygen atoms in total. The number of nitrogens with two attached hydrogens (primary N) is 2. The van der Waals surface area contributed by atoms with Crippen molar-refractivity contribution < 1.29 is 53.4 Å². The van der Waals surface area contributed by atoms with Gasteiger partial charge < -0.3 is 58.9 Å². The Kier molecular flexibility index (Phi) is 26.7. The third-order valence-corrected chi connectivity index (χ3v) is 9.83. The van der Waals surface area contributed by atoms with Crippen LogP contribution in [0.25, 0.3) is 0 Å². The van der Waals surface area contributed by atoms with Crippen molar-refractivity contribution in [1.82, 2.24) is 37.2 Å². The molecule has 0 fully saturated rings. The number of hydrogen-bond donors (Lipinski definition) is 11. The second-order valence-corrected chi connectivity index (χ2v) is 16.5. The van der Waals surface area contributed by atoms with Gasteiger partial charge in [-0.15, -0.1) is 0 Å². The molecule has 1 aromatic carbocycles. The van der Waals surface area contributed by atoms with Gasteiger partial charge >= 0.3 is 11.9 Å². The molecule has 0 bridgehead atoms. The Hall–Kier alpha value is -5.63. The first-order valence-corrected chi connectivity index (χ1v) is 21.7. The van der Waals surface area contributed by atoms with Crippen LogP contribution < -0.4 is 48.7 Å². The van der Waals surface area contributed by atoms with E-state index in [1.54, 1.807) is 12.1 Å². The van der Waals surface area contributed by atoms with E-state index in [2.05, 4.69) is 37.2 Å². The van der Waals surface area contributed by atoms with Gasteiger partial charge in [-0.25, -0.2) is 0 Å². The Morgan fingerprint density at radius 2 is 1.14 bits per heavy atom. The molecule has 20 heteroatoms. The fraction of sp³-hybridized carbons (Fsp3) is 0.651. The molecule has 0 radical (unpaired) electrons. The number of hydrogen-bond acceptors (Lipinski definition) is 11. The first kappa shape index (κ1) is 55.4. The van der Waals surface area contributed by atoms with Crippen molar-refractivity contribution in [3.63, 3.8) is 0 Å². The van der Waals surface area contributed by atoms with Gasteiger partial charge in [-0.2, -0.15) is 0 Å². The fourth-order valence-corrected chi connectivity index (χ4v) is 6.52. The highest BCUT2D eigenvalue weighted by molar-refractivity contribution is 5.95. The summed E-state index contributed by atoms with van der Waals surface area (Å²) in [4.78, 5) is 115. The minimum atomic E-state index is -1.55. The van der Waals surface area contributed by atoms with Crippen LogP contribution in [-0.4, -0.2) is 120 Å². The van der Waals surface area contributed by atoms with E-state index < -0.39 is 96.5 Å². The zero-order chi connectivity index (χ0) is 47.5. The van der Waals surface area contributed by atoms with Crippen molar-refractivity contribution in [3.8, 4) is 0 Å². The summed E-state index contributed by atoms with van der Waals surface area (Å²) in [7, 11) is 1.48. The monoisotopic (exact) mass is 890 g/mol. The Morgan fingerprint density at radius 1 is 0.571 bits per heavy atom. The molecule has 0 unspecified atom stereocenters. The molecule has 354 valence electrons. The molecule has 0 aromatic heterocycles. The van der Waals surface area contributed by atoms with Crippen molar-refractivity contribution in [1.29, 1.82) is 0 Å². The third kappa shape index (κ3) is 24.0. The zero-order valence-corrected chi connectivity index (χ0v) is 37.3. The number of likely N-dealkylation sites (N-methyl/N-ethyl adjacent to an activating group) is 1.